The summed E-state index contributed by atoms with van der Waals surface area (Å²) >= 11 is 1.39. The Morgan fingerprint density at radius 1 is 1.52 bits per heavy atom. The molecule has 1 rings (SSSR count). The third kappa shape index (κ3) is 4.99. The molecule has 1 atom stereocenters. The van der Waals surface area contributed by atoms with Crippen molar-refractivity contribution in [2.24, 2.45) is 0 Å². The van der Waals surface area contributed by atoms with E-state index in [9.17, 15) is 23.3 Å². The van der Waals surface area contributed by atoms with Gasteiger partial charge in [0.1, 0.15) is 6.04 Å². The second-order valence-electron chi connectivity index (χ2n) is 4.05. The number of nitrogens with one attached hydrogen (secondary N) is 1. The number of hydrogen-bond donors (Lipinski definition) is 2. The van der Waals surface area contributed by atoms with Crippen LogP contribution in [0.3, 0.4) is 0 Å². The monoisotopic (exact) mass is 334 g/mol. The van der Waals surface area contributed by atoms with Gasteiger partial charge in [0, 0.05) is 12.1 Å². The lowest BCUT2D eigenvalue weighted by molar-refractivity contribution is -0.385. The average molecular weight is 334 g/mol. The molecule has 0 heterocycles. The van der Waals surface area contributed by atoms with Crippen LogP contribution in [0.2, 0.25) is 0 Å². The van der Waals surface area contributed by atoms with Crippen LogP contribution in [0, 0.1) is 10.1 Å². The van der Waals surface area contributed by atoms with Crippen LogP contribution in [0.4, 0.5) is 5.69 Å². The molecular formula is C11H14N2O6S2. The maximum atomic E-state index is 12.1. The predicted octanol–water partition coefficient (Wildman–Crippen LogP) is 1.08. The lowest BCUT2D eigenvalue weighted by Gasteiger charge is -2.14. The zero-order valence-corrected chi connectivity index (χ0v) is 12.7. The molecule has 10 heteroatoms. The number of benzene rings is 1. The fourth-order valence-electron chi connectivity index (χ4n) is 1.49. The van der Waals surface area contributed by atoms with Gasteiger partial charge >= 0.3 is 5.97 Å². The zero-order valence-electron chi connectivity index (χ0n) is 11.1. The van der Waals surface area contributed by atoms with E-state index in [2.05, 4.69) is 0 Å². The van der Waals surface area contributed by atoms with Crippen LogP contribution >= 0.6 is 11.8 Å². The van der Waals surface area contributed by atoms with Crippen LogP contribution in [0.25, 0.3) is 0 Å². The first-order chi connectivity index (χ1) is 9.77. The molecule has 0 aliphatic carbocycles. The van der Waals surface area contributed by atoms with E-state index >= 15 is 0 Å². The first-order valence-corrected chi connectivity index (χ1v) is 8.64. The van der Waals surface area contributed by atoms with E-state index < -0.39 is 27.0 Å². The highest BCUT2D eigenvalue weighted by molar-refractivity contribution is 7.98. The summed E-state index contributed by atoms with van der Waals surface area (Å²) in [4.78, 5) is 20.6. The summed E-state index contributed by atoms with van der Waals surface area (Å²) in [6, 6.07) is 3.16. The predicted molar refractivity (Wildman–Crippen MR) is 77.8 cm³/mol. The number of carboxylic acids is 1. The van der Waals surface area contributed by atoms with Gasteiger partial charge in [0.25, 0.3) is 5.69 Å². The summed E-state index contributed by atoms with van der Waals surface area (Å²) in [6.07, 6.45) is 1.89. The molecular weight excluding hydrogens is 320 g/mol. The molecule has 1 aromatic carbocycles. The molecule has 0 spiro atoms. The summed E-state index contributed by atoms with van der Waals surface area (Å²) in [5.74, 6) is -0.827. The number of carboxylic acid groups (broad SMARTS) is 1. The number of non-ortho nitro benzene ring substituents is 1. The maximum absolute atomic E-state index is 12.1. The van der Waals surface area contributed by atoms with Crippen LogP contribution in [-0.2, 0) is 14.8 Å². The summed E-state index contributed by atoms with van der Waals surface area (Å²) in [7, 11) is -4.14. The van der Waals surface area contributed by atoms with E-state index in [1.807, 2.05) is 4.72 Å². The Morgan fingerprint density at radius 3 is 2.71 bits per heavy atom. The van der Waals surface area contributed by atoms with E-state index in [4.69, 9.17) is 5.11 Å². The fourth-order valence-corrected chi connectivity index (χ4v) is 3.22. The zero-order chi connectivity index (χ0) is 16.0. The van der Waals surface area contributed by atoms with Crippen molar-refractivity contribution in [2.75, 3.05) is 12.0 Å². The van der Waals surface area contributed by atoms with Gasteiger partial charge in [-0.15, -0.1) is 0 Å². The summed E-state index contributed by atoms with van der Waals surface area (Å²) in [5, 5.41) is 19.7. The van der Waals surface area contributed by atoms with E-state index in [-0.39, 0.29) is 17.0 Å². The Kier molecular flexibility index (Phi) is 6.12. The molecule has 0 aliphatic heterocycles. The third-order valence-corrected chi connectivity index (χ3v) is 4.66. The number of carbonyl (C=O) groups is 1. The number of aliphatic carboxylic acids is 1. The van der Waals surface area contributed by atoms with E-state index in [0.717, 1.165) is 12.1 Å². The molecule has 0 radical (unpaired) electrons. The van der Waals surface area contributed by atoms with Gasteiger partial charge < -0.3 is 5.11 Å². The second-order valence-corrected chi connectivity index (χ2v) is 6.75. The minimum Gasteiger partial charge on any atom is -0.480 e. The topological polar surface area (TPSA) is 127 Å². The lowest BCUT2D eigenvalue weighted by atomic mass is 10.2. The Hall–Kier alpha value is -1.65. The fraction of sp³-hybridized carbons (Fsp3) is 0.364. The van der Waals surface area contributed by atoms with Gasteiger partial charge in [-0.2, -0.15) is 16.5 Å². The number of nitrogens with zero attached hydrogens (tertiary/aromatic N) is 1. The SMILES string of the molecule is CSCC[C@H](NS(=O)(=O)c1cccc([N+](=O)[O-])c1)C(=O)O. The molecule has 2 N–H and O–H groups in total. The largest absolute Gasteiger partial charge is 0.480 e. The van der Waals surface area contributed by atoms with Gasteiger partial charge in [-0.25, -0.2) is 8.42 Å². The van der Waals surface area contributed by atoms with E-state index in [0.29, 0.717) is 5.75 Å². The van der Waals surface area contributed by atoms with Crippen LogP contribution in [-0.4, -0.2) is 42.5 Å². The normalized spacial score (nSPS) is 12.8. The molecule has 0 fully saturated rings. The second kappa shape index (κ2) is 7.38. The van der Waals surface area contributed by atoms with Crippen LogP contribution in [0.15, 0.2) is 29.2 Å². The number of nitro groups is 1. The van der Waals surface area contributed by atoms with Crippen molar-refractivity contribution >= 4 is 33.4 Å². The van der Waals surface area contributed by atoms with Gasteiger partial charge in [0.2, 0.25) is 10.0 Å². The average Bonchev–Trinajstić information content (AvgIpc) is 2.43. The highest BCUT2D eigenvalue weighted by Crippen LogP contribution is 2.18. The highest BCUT2D eigenvalue weighted by Gasteiger charge is 2.26. The summed E-state index contributed by atoms with van der Waals surface area (Å²) in [5.41, 5.74) is -0.381. The molecule has 0 aromatic heterocycles. The first kappa shape index (κ1) is 17.4. The number of thioether (sulfide) groups is 1. The standard InChI is InChI=1S/C11H14N2O6S2/c1-20-6-5-10(11(14)15)12-21(18,19)9-4-2-3-8(7-9)13(16)17/h2-4,7,10,12H,5-6H2,1H3,(H,14,15)/t10-/m0/s1. The minimum atomic E-state index is -4.14. The van der Waals surface area contributed by atoms with Crippen molar-refractivity contribution in [3.8, 4) is 0 Å². The van der Waals surface area contributed by atoms with Crippen molar-refractivity contribution in [3.63, 3.8) is 0 Å². The molecule has 116 valence electrons. The maximum Gasteiger partial charge on any atom is 0.321 e. The van der Waals surface area contributed by atoms with E-state index in [1.54, 1.807) is 6.26 Å². The van der Waals surface area contributed by atoms with E-state index in [1.165, 1.54) is 23.9 Å². The molecule has 8 nitrogen and oxygen atoms in total. The number of hydrogen-bond acceptors (Lipinski definition) is 6. The van der Waals surface area contributed by atoms with Gasteiger partial charge in [0.15, 0.2) is 0 Å². The van der Waals surface area contributed by atoms with Crippen molar-refractivity contribution < 1.29 is 23.2 Å². The molecule has 0 amide bonds. The molecule has 0 saturated heterocycles. The molecule has 0 unspecified atom stereocenters. The Labute approximate surface area is 125 Å². The van der Waals surface area contributed by atoms with Crippen molar-refractivity contribution in [3.05, 3.63) is 34.4 Å². The summed E-state index contributed by atoms with van der Waals surface area (Å²) < 4.78 is 26.2. The first-order valence-electron chi connectivity index (χ1n) is 5.76. The van der Waals surface area contributed by atoms with Crippen molar-refractivity contribution in [1.82, 2.24) is 4.72 Å². The van der Waals surface area contributed by atoms with Crippen molar-refractivity contribution in [2.45, 2.75) is 17.4 Å². The Balaban J connectivity index is 3.01. The highest BCUT2D eigenvalue weighted by atomic mass is 32.2. The number of sulfonamides is 1. The Morgan fingerprint density at radius 2 is 2.19 bits per heavy atom. The molecule has 0 saturated carbocycles. The van der Waals surface area contributed by atoms with Crippen LogP contribution < -0.4 is 4.72 Å². The summed E-state index contributed by atoms with van der Waals surface area (Å²) in [6.45, 7) is 0. The van der Waals surface area contributed by atoms with Crippen molar-refractivity contribution in [1.29, 1.82) is 0 Å². The van der Waals surface area contributed by atoms with Gasteiger partial charge in [-0.05, 0) is 24.5 Å². The minimum absolute atomic E-state index is 0.116. The molecule has 1 aromatic rings. The third-order valence-electron chi connectivity index (χ3n) is 2.54. The Bertz CT molecular complexity index is 631. The van der Waals surface area contributed by atoms with Gasteiger partial charge in [-0.3, -0.25) is 14.9 Å². The molecule has 0 bridgehead atoms. The smallest absolute Gasteiger partial charge is 0.321 e. The molecule has 21 heavy (non-hydrogen) atoms. The van der Waals surface area contributed by atoms with Gasteiger partial charge in [0.05, 0.1) is 9.82 Å². The molecule has 0 aliphatic rings. The van der Waals surface area contributed by atoms with Gasteiger partial charge in [-0.1, -0.05) is 6.07 Å². The number of rotatable bonds is 8. The van der Waals surface area contributed by atoms with Crippen LogP contribution in [0.1, 0.15) is 6.42 Å². The number of nitro benzene ring substituents is 1. The lowest BCUT2D eigenvalue weighted by Crippen LogP contribution is -2.41. The quantitative estimate of drug-likeness (QED) is 0.538. The van der Waals surface area contributed by atoms with Crippen LogP contribution in [0.5, 0.6) is 0 Å².